The quantitative estimate of drug-likeness (QED) is 0.577. The Morgan fingerprint density at radius 3 is 2.70 bits per heavy atom. The van der Waals surface area contributed by atoms with Crippen LogP contribution in [0.5, 0.6) is 0 Å². The van der Waals surface area contributed by atoms with E-state index in [1.807, 2.05) is 31.3 Å². The lowest BCUT2D eigenvalue weighted by Crippen LogP contribution is -2.36. The Morgan fingerprint density at radius 2 is 2.00 bits per heavy atom. The number of hydrogen-bond donors (Lipinski definition) is 1. The zero-order chi connectivity index (χ0) is 21.3. The molecule has 3 aromatic rings. The van der Waals surface area contributed by atoms with Gasteiger partial charge >= 0.3 is 0 Å². The summed E-state index contributed by atoms with van der Waals surface area (Å²) >= 11 is 12.0. The SMILES string of the molecule is Cc1cc(-n2cccc2[C@H]2[C@H](c3ccccn3)NC(=S)N2CCN(C)C)ccc1Cl. The average molecular weight is 440 g/mol. The number of benzene rings is 1. The summed E-state index contributed by atoms with van der Waals surface area (Å²) in [5.74, 6) is 0. The van der Waals surface area contributed by atoms with Gasteiger partial charge in [0.25, 0.3) is 0 Å². The topological polar surface area (TPSA) is 36.3 Å². The van der Waals surface area contributed by atoms with Gasteiger partial charge in [0.1, 0.15) is 0 Å². The van der Waals surface area contributed by atoms with Crippen LogP contribution in [-0.2, 0) is 0 Å². The molecule has 1 aromatic carbocycles. The normalized spacial score (nSPS) is 18.8. The second-order valence-electron chi connectivity index (χ2n) is 7.86. The summed E-state index contributed by atoms with van der Waals surface area (Å²) in [6, 6.07) is 16.4. The first-order valence-corrected chi connectivity index (χ1v) is 10.8. The second kappa shape index (κ2) is 8.76. The molecule has 30 heavy (non-hydrogen) atoms. The van der Waals surface area contributed by atoms with Crippen molar-refractivity contribution in [2.75, 3.05) is 27.2 Å². The van der Waals surface area contributed by atoms with Gasteiger partial charge in [0.2, 0.25) is 0 Å². The van der Waals surface area contributed by atoms with Crippen LogP contribution in [0.15, 0.2) is 60.9 Å². The van der Waals surface area contributed by atoms with Gasteiger partial charge in [-0.1, -0.05) is 17.7 Å². The Kier molecular flexibility index (Phi) is 6.09. The molecular formula is C23H26ClN5S. The molecule has 1 aliphatic rings. The Labute approximate surface area is 188 Å². The van der Waals surface area contributed by atoms with Gasteiger partial charge in [-0.3, -0.25) is 4.98 Å². The van der Waals surface area contributed by atoms with Crippen molar-refractivity contribution in [3.05, 3.63) is 82.9 Å². The van der Waals surface area contributed by atoms with Crippen LogP contribution in [-0.4, -0.2) is 51.6 Å². The Bertz CT molecular complexity index is 1030. The molecule has 5 nitrogen and oxygen atoms in total. The molecular weight excluding hydrogens is 414 g/mol. The number of nitrogens with one attached hydrogen (secondary N) is 1. The maximum absolute atomic E-state index is 6.27. The molecule has 2 atom stereocenters. The summed E-state index contributed by atoms with van der Waals surface area (Å²) in [7, 11) is 4.16. The third-order valence-corrected chi connectivity index (χ3v) is 6.27. The molecule has 3 heterocycles. The van der Waals surface area contributed by atoms with Crippen LogP contribution < -0.4 is 5.32 Å². The summed E-state index contributed by atoms with van der Waals surface area (Å²) < 4.78 is 2.22. The third-order valence-electron chi connectivity index (χ3n) is 5.49. The van der Waals surface area contributed by atoms with Crippen molar-refractivity contribution in [1.29, 1.82) is 0 Å². The molecule has 0 radical (unpaired) electrons. The van der Waals surface area contributed by atoms with Crippen molar-refractivity contribution < 1.29 is 0 Å². The number of rotatable bonds is 6. The van der Waals surface area contributed by atoms with Crippen molar-refractivity contribution in [1.82, 2.24) is 24.7 Å². The number of halogens is 1. The minimum absolute atomic E-state index is 0.0251. The first-order valence-electron chi connectivity index (χ1n) is 10.0. The molecule has 1 aliphatic heterocycles. The first-order chi connectivity index (χ1) is 14.5. The maximum atomic E-state index is 6.27. The molecule has 7 heteroatoms. The Morgan fingerprint density at radius 1 is 1.17 bits per heavy atom. The van der Waals surface area contributed by atoms with E-state index >= 15 is 0 Å². The fourth-order valence-electron chi connectivity index (χ4n) is 3.92. The highest BCUT2D eigenvalue weighted by Crippen LogP contribution is 2.39. The van der Waals surface area contributed by atoms with E-state index in [4.69, 9.17) is 23.8 Å². The predicted octanol–water partition coefficient (Wildman–Crippen LogP) is 4.37. The van der Waals surface area contributed by atoms with E-state index in [9.17, 15) is 0 Å². The van der Waals surface area contributed by atoms with Gasteiger partial charge in [-0.15, -0.1) is 0 Å². The van der Waals surface area contributed by atoms with Gasteiger partial charge in [-0.25, -0.2) is 0 Å². The van der Waals surface area contributed by atoms with Crippen LogP contribution in [0.25, 0.3) is 5.69 Å². The molecule has 0 spiro atoms. The van der Waals surface area contributed by atoms with Gasteiger partial charge in [-0.2, -0.15) is 0 Å². The van der Waals surface area contributed by atoms with Gasteiger partial charge < -0.3 is 19.7 Å². The molecule has 0 aliphatic carbocycles. The highest BCUT2D eigenvalue weighted by molar-refractivity contribution is 7.80. The molecule has 0 saturated carbocycles. The summed E-state index contributed by atoms with van der Waals surface area (Å²) in [5, 5.41) is 5.06. The second-order valence-corrected chi connectivity index (χ2v) is 8.65. The van der Waals surface area contributed by atoms with Crippen LogP contribution in [0.4, 0.5) is 0 Å². The van der Waals surface area contributed by atoms with Gasteiger partial charge in [0.15, 0.2) is 5.11 Å². The van der Waals surface area contributed by atoms with Gasteiger partial charge in [0, 0.05) is 41.9 Å². The highest BCUT2D eigenvalue weighted by Gasteiger charge is 2.41. The van der Waals surface area contributed by atoms with Crippen molar-refractivity contribution in [3.8, 4) is 5.69 Å². The minimum atomic E-state index is -0.0251. The molecule has 1 N–H and O–H groups in total. The number of hydrogen-bond acceptors (Lipinski definition) is 3. The smallest absolute Gasteiger partial charge is 0.170 e. The predicted molar refractivity (Wildman–Crippen MR) is 126 cm³/mol. The molecule has 0 unspecified atom stereocenters. The molecule has 0 bridgehead atoms. The highest BCUT2D eigenvalue weighted by atomic mass is 35.5. The lowest BCUT2D eigenvalue weighted by atomic mass is 10.0. The number of nitrogens with zero attached hydrogens (tertiary/aromatic N) is 4. The summed E-state index contributed by atoms with van der Waals surface area (Å²) in [6.45, 7) is 3.77. The van der Waals surface area contributed by atoms with Crippen LogP contribution >= 0.6 is 23.8 Å². The number of aromatic nitrogens is 2. The zero-order valence-corrected chi connectivity index (χ0v) is 19.0. The molecule has 1 saturated heterocycles. The summed E-state index contributed by atoms with van der Waals surface area (Å²) in [4.78, 5) is 9.08. The molecule has 1 fully saturated rings. The van der Waals surface area contributed by atoms with Crippen LogP contribution in [0.2, 0.25) is 5.02 Å². The number of likely N-dealkylation sites (N-methyl/N-ethyl adjacent to an activating group) is 1. The van der Waals surface area contributed by atoms with Crippen molar-refractivity contribution in [3.63, 3.8) is 0 Å². The van der Waals surface area contributed by atoms with Crippen molar-refractivity contribution >= 4 is 28.9 Å². The molecule has 0 amide bonds. The first kappa shape index (κ1) is 20.8. The van der Waals surface area contributed by atoms with E-state index in [-0.39, 0.29) is 12.1 Å². The average Bonchev–Trinajstić information content (AvgIpc) is 3.33. The van der Waals surface area contributed by atoms with E-state index in [0.717, 1.165) is 40.2 Å². The minimum Gasteiger partial charge on any atom is -0.352 e. The van der Waals surface area contributed by atoms with Crippen molar-refractivity contribution in [2.24, 2.45) is 0 Å². The number of pyridine rings is 1. The fraction of sp³-hybridized carbons (Fsp3) is 0.304. The van der Waals surface area contributed by atoms with E-state index < -0.39 is 0 Å². The largest absolute Gasteiger partial charge is 0.352 e. The standard InChI is InChI=1S/C23H26ClN5S/c1-16-15-17(9-10-18(16)24)28-12-6-8-20(28)22-21(19-7-4-5-11-25-19)26-23(30)29(22)14-13-27(2)3/h4-12,15,21-22H,13-14H2,1-3H3,(H,26,30)/t21-,22-/m0/s1. The number of thiocarbonyl (C=S) groups is 1. The van der Waals surface area contributed by atoms with E-state index in [1.54, 1.807) is 0 Å². The summed E-state index contributed by atoms with van der Waals surface area (Å²) in [6.07, 6.45) is 3.93. The number of aryl methyl sites for hydroxylation is 1. The third kappa shape index (κ3) is 4.08. The van der Waals surface area contributed by atoms with Crippen molar-refractivity contribution in [2.45, 2.75) is 19.0 Å². The molecule has 4 rings (SSSR count). The Balaban J connectivity index is 1.78. The Hall–Kier alpha value is -2.41. The van der Waals surface area contributed by atoms with Gasteiger partial charge in [-0.05, 0) is 81.3 Å². The fourth-order valence-corrected chi connectivity index (χ4v) is 4.37. The molecule has 156 valence electrons. The van der Waals surface area contributed by atoms with Crippen LogP contribution in [0, 0.1) is 6.92 Å². The monoisotopic (exact) mass is 439 g/mol. The lowest BCUT2D eigenvalue weighted by Gasteiger charge is -2.30. The lowest BCUT2D eigenvalue weighted by molar-refractivity contribution is 0.272. The van der Waals surface area contributed by atoms with E-state index in [0.29, 0.717) is 0 Å². The van der Waals surface area contributed by atoms with Crippen LogP contribution in [0.3, 0.4) is 0 Å². The summed E-state index contributed by atoms with van der Waals surface area (Å²) in [5.41, 5.74) is 4.29. The maximum Gasteiger partial charge on any atom is 0.170 e. The van der Waals surface area contributed by atoms with E-state index in [1.165, 1.54) is 5.69 Å². The molecule has 2 aromatic heterocycles. The van der Waals surface area contributed by atoms with E-state index in [2.05, 4.69) is 75.3 Å². The zero-order valence-electron chi connectivity index (χ0n) is 17.4. The van der Waals surface area contributed by atoms with Gasteiger partial charge in [0.05, 0.1) is 17.8 Å². The van der Waals surface area contributed by atoms with Crippen LogP contribution in [0.1, 0.15) is 29.0 Å².